The zero-order valence-corrected chi connectivity index (χ0v) is 32.8. The predicted molar refractivity (Wildman–Crippen MR) is 203 cm³/mol. The van der Waals surface area contributed by atoms with E-state index in [1.807, 2.05) is 0 Å². The van der Waals surface area contributed by atoms with Gasteiger partial charge in [-0.2, -0.15) is 0 Å². The van der Waals surface area contributed by atoms with E-state index in [1.165, 1.54) is 36.4 Å². The number of esters is 3. The lowest BCUT2D eigenvalue weighted by Crippen LogP contribution is -2.71. The number of imide groups is 2. The second-order valence-corrected chi connectivity index (χ2v) is 14.3. The van der Waals surface area contributed by atoms with E-state index in [4.69, 9.17) is 33.2 Å². The molecule has 7 rings (SSSR count). The van der Waals surface area contributed by atoms with Gasteiger partial charge in [-0.3, -0.25) is 43.4 Å². The van der Waals surface area contributed by atoms with Crippen LogP contribution in [-0.2, 0) is 54.1 Å². The molecular weight excluding hydrogens is 802 g/mol. The zero-order chi connectivity index (χ0) is 43.5. The molecule has 0 aromatic heterocycles. The monoisotopic (exact) mass is 841 g/mol. The zero-order valence-electron chi connectivity index (χ0n) is 32.8. The maximum atomic E-state index is 14.2. The Morgan fingerprint density at radius 1 is 0.672 bits per heavy atom. The van der Waals surface area contributed by atoms with Gasteiger partial charge in [0.25, 0.3) is 23.6 Å². The number of hydrogen-bond donors (Lipinski definition) is 1. The van der Waals surface area contributed by atoms with Gasteiger partial charge in [-0.25, -0.2) is 0 Å². The van der Waals surface area contributed by atoms with Gasteiger partial charge in [0.1, 0.15) is 43.1 Å². The smallest absolute Gasteiger partial charge is 0.303 e. The van der Waals surface area contributed by atoms with Crippen molar-refractivity contribution in [3.63, 3.8) is 0 Å². The Morgan fingerprint density at radius 3 is 1.67 bits per heavy atom. The molecular formula is C41H39N5O15. The summed E-state index contributed by atoms with van der Waals surface area (Å²) in [5, 5.41) is 14.6. The molecule has 3 aromatic rings. The molecule has 20 heteroatoms. The molecule has 4 heterocycles. The van der Waals surface area contributed by atoms with E-state index in [2.05, 4.69) is 10.0 Å². The highest BCUT2D eigenvalue weighted by Crippen LogP contribution is 2.40. The number of ether oxygens (including phenoxy) is 7. The average Bonchev–Trinajstić information content (AvgIpc) is 3.64. The van der Waals surface area contributed by atoms with Crippen molar-refractivity contribution in [1.82, 2.24) is 9.80 Å². The number of benzene rings is 3. The fourth-order valence-corrected chi connectivity index (χ4v) is 7.98. The highest BCUT2D eigenvalue weighted by atomic mass is 16.7. The summed E-state index contributed by atoms with van der Waals surface area (Å²) in [6.45, 7) is 1.47. The lowest BCUT2D eigenvalue weighted by molar-refractivity contribution is -0.328. The molecule has 4 aliphatic heterocycles. The third-order valence-electron chi connectivity index (χ3n) is 10.5. The molecule has 4 aliphatic rings. The Morgan fingerprint density at radius 2 is 1.18 bits per heavy atom. The van der Waals surface area contributed by atoms with E-state index in [0.29, 0.717) is 5.56 Å². The van der Waals surface area contributed by atoms with Gasteiger partial charge in [0.05, 0.1) is 35.5 Å². The number of nitrogens with zero attached hydrogens (tertiary/aromatic N) is 5. The number of fused-ring (bicyclic) bond motifs is 2. The SMILES string of the molecule is CC(=O)OC[C@H]1O[C@@H](O[C@H]2[C@H](OCc3ccccc3)[C@@H](N3C(=O)c4ccccc4C3=O)[C@H](N=[N+]=[N-])O[C@@H]2CO)[C@H](N2C(=O)c3ccccc3C2=O)[C@@H](OC(C)=O)[C@@H]1OC(C)=O. The van der Waals surface area contributed by atoms with Crippen LogP contribution >= 0.6 is 0 Å². The molecule has 1 N–H and O–H groups in total. The van der Waals surface area contributed by atoms with Gasteiger partial charge in [0, 0.05) is 25.7 Å². The number of azide groups is 1. The highest BCUT2D eigenvalue weighted by molar-refractivity contribution is 6.22. The minimum Gasteiger partial charge on any atom is -0.463 e. The number of carbonyl (C=O) groups is 7. The summed E-state index contributed by atoms with van der Waals surface area (Å²) < 4.78 is 42.3. The minimum absolute atomic E-state index is 0.0277. The Kier molecular flexibility index (Phi) is 12.5. The number of carbonyl (C=O) groups excluding carboxylic acids is 7. The maximum absolute atomic E-state index is 14.2. The Balaban J connectivity index is 1.38. The molecule has 2 saturated heterocycles. The normalized spacial score (nSPS) is 28.1. The van der Waals surface area contributed by atoms with Crippen LogP contribution in [0.5, 0.6) is 0 Å². The lowest BCUT2D eigenvalue weighted by Gasteiger charge is -2.51. The summed E-state index contributed by atoms with van der Waals surface area (Å²) in [6.07, 6.45) is -13.2. The van der Waals surface area contributed by atoms with Crippen LogP contribution in [0.25, 0.3) is 10.4 Å². The molecule has 2 fully saturated rings. The standard InChI is InChI=1S/C41H39N5O15/c1-20(48)55-19-29-33(57-21(2)49)35(58-22(3)50)31(46-39(53)26-15-9-10-16-27(26)40(46)54)41(60-29)61-32-28(17-47)59-36(43-44-42)30(34(32)56-18-23-11-5-4-6-12-23)45-37(51)24-13-7-8-14-25(24)38(45)52/h4-16,28-36,41,47H,17-19H2,1-3H3/t28-,29-,30-,31-,32-,33-,34-,35-,36-,41+/m1/s1. The first-order chi connectivity index (χ1) is 29.3. The van der Waals surface area contributed by atoms with Gasteiger partial charge < -0.3 is 38.3 Å². The van der Waals surface area contributed by atoms with Crippen molar-refractivity contribution in [3.05, 3.63) is 117 Å². The van der Waals surface area contributed by atoms with Crippen LogP contribution in [0.2, 0.25) is 0 Å². The number of aliphatic hydroxyl groups is 1. The molecule has 10 atom stereocenters. The molecule has 0 aliphatic carbocycles. The molecule has 0 unspecified atom stereocenters. The van der Waals surface area contributed by atoms with Crippen molar-refractivity contribution in [1.29, 1.82) is 0 Å². The predicted octanol–water partition coefficient (Wildman–Crippen LogP) is 2.47. The highest BCUT2D eigenvalue weighted by Gasteiger charge is 2.60. The Bertz CT molecular complexity index is 2220. The third-order valence-corrected chi connectivity index (χ3v) is 10.5. The topological polar surface area (TPSA) is 260 Å². The van der Waals surface area contributed by atoms with E-state index in [9.17, 15) is 44.2 Å². The molecule has 0 saturated carbocycles. The Labute approximate surface area is 346 Å². The van der Waals surface area contributed by atoms with Crippen LogP contribution in [0.3, 0.4) is 0 Å². The van der Waals surface area contributed by atoms with Gasteiger partial charge >= 0.3 is 17.9 Å². The quantitative estimate of drug-likeness (QED) is 0.0647. The van der Waals surface area contributed by atoms with Gasteiger partial charge in [0.15, 0.2) is 24.7 Å². The van der Waals surface area contributed by atoms with E-state index in [-0.39, 0.29) is 28.9 Å². The molecule has 20 nitrogen and oxygen atoms in total. The number of hydrogen-bond acceptors (Lipinski definition) is 16. The van der Waals surface area contributed by atoms with Crippen molar-refractivity contribution in [3.8, 4) is 0 Å². The van der Waals surface area contributed by atoms with Crippen molar-refractivity contribution in [2.24, 2.45) is 5.11 Å². The van der Waals surface area contributed by atoms with Gasteiger partial charge in [-0.05, 0) is 35.4 Å². The fourth-order valence-electron chi connectivity index (χ4n) is 7.98. The van der Waals surface area contributed by atoms with Crippen LogP contribution in [0.4, 0.5) is 0 Å². The first kappa shape index (κ1) is 42.6. The molecule has 0 radical (unpaired) electrons. The first-order valence-electron chi connectivity index (χ1n) is 19.0. The number of amides is 4. The van der Waals surface area contributed by atoms with E-state index < -0.39 is 116 Å². The van der Waals surface area contributed by atoms with Crippen LogP contribution in [0, 0.1) is 0 Å². The first-order valence-corrected chi connectivity index (χ1v) is 19.0. The summed E-state index contributed by atoms with van der Waals surface area (Å²) in [5.41, 5.74) is 10.3. The summed E-state index contributed by atoms with van der Waals surface area (Å²) >= 11 is 0. The number of aliphatic hydroxyl groups excluding tert-OH is 1. The lowest BCUT2D eigenvalue weighted by atomic mass is 9.92. The van der Waals surface area contributed by atoms with Gasteiger partial charge in [-0.1, -0.05) is 59.7 Å². The van der Waals surface area contributed by atoms with Crippen molar-refractivity contribution < 1.29 is 71.8 Å². The van der Waals surface area contributed by atoms with Gasteiger partial charge in [-0.15, -0.1) is 0 Å². The second-order valence-electron chi connectivity index (χ2n) is 14.3. The van der Waals surface area contributed by atoms with Crippen molar-refractivity contribution in [2.75, 3.05) is 13.2 Å². The molecule has 0 spiro atoms. The van der Waals surface area contributed by atoms with E-state index in [0.717, 1.165) is 30.6 Å². The molecule has 0 bridgehead atoms. The summed E-state index contributed by atoms with van der Waals surface area (Å²) in [4.78, 5) is 98.6. The van der Waals surface area contributed by atoms with Crippen LogP contribution < -0.4 is 0 Å². The molecule has 61 heavy (non-hydrogen) atoms. The van der Waals surface area contributed by atoms with Crippen molar-refractivity contribution >= 4 is 41.5 Å². The Hall–Kier alpha value is -6.54. The summed E-state index contributed by atoms with van der Waals surface area (Å²) in [5.74, 6) is -5.96. The summed E-state index contributed by atoms with van der Waals surface area (Å²) in [6, 6.07) is 17.1. The van der Waals surface area contributed by atoms with Crippen molar-refractivity contribution in [2.45, 2.75) is 88.6 Å². The van der Waals surface area contributed by atoms with Crippen LogP contribution in [0.15, 0.2) is 84.0 Å². The third kappa shape index (κ3) is 8.32. The van der Waals surface area contributed by atoms with E-state index in [1.54, 1.807) is 42.5 Å². The maximum Gasteiger partial charge on any atom is 0.303 e. The summed E-state index contributed by atoms with van der Waals surface area (Å²) in [7, 11) is 0. The molecule has 318 valence electrons. The molecule has 3 aromatic carbocycles. The fraction of sp³-hybridized carbons (Fsp3) is 0.390. The van der Waals surface area contributed by atoms with Crippen LogP contribution in [0.1, 0.15) is 67.8 Å². The second kappa shape index (κ2) is 18.0. The number of rotatable bonds is 13. The van der Waals surface area contributed by atoms with Gasteiger partial charge in [0.2, 0.25) is 0 Å². The average molecular weight is 842 g/mol. The largest absolute Gasteiger partial charge is 0.463 e. The van der Waals surface area contributed by atoms with Crippen LogP contribution in [-0.4, -0.2) is 131 Å². The minimum atomic E-state index is -1.93. The van der Waals surface area contributed by atoms with E-state index >= 15 is 0 Å². The molecule has 4 amide bonds.